The molecule has 7 amide bonds. The molecule has 1 aromatic heterocycles. The topological polar surface area (TPSA) is 504 Å². The molecule has 0 radical (unpaired) electrons. The van der Waals surface area contributed by atoms with Crippen molar-refractivity contribution in [1.82, 2.24) is 51.0 Å². The zero-order chi connectivity index (χ0) is 93.7. The Labute approximate surface area is 745 Å². The second-order valence-electron chi connectivity index (χ2n) is 32.1. The number of aromatic nitrogens is 3. The minimum atomic E-state index is -5.17. The molecule has 128 heavy (non-hydrogen) atoms. The molecule has 2 aliphatic heterocycles. The van der Waals surface area contributed by atoms with Gasteiger partial charge < -0.3 is 103 Å². The molecule has 38 nitrogen and oxygen atoms in total. The summed E-state index contributed by atoms with van der Waals surface area (Å²) in [6.07, 6.45) is -8.54. The summed E-state index contributed by atoms with van der Waals surface area (Å²) in [7, 11) is -3.00. The molecule has 3 unspecified atom stereocenters. The van der Waals surface area contributed by atoms with Crippen LogP contribution in [0, 0.1) is 30.6 Å². The van der Waals surface area contributed by atoms with Crippen LogP contribution in [0.5, 0.6) is 17.2 Å². The number of aryl methyl sites for hydroxylation is 1. The number of carboxylic acid groups (broad SMARTS) is 1. The Morgan fingerprint density at radius 2 is 1.32 bits per heavy atom. The van der Waals surface area contributed by atoms with Gasteiger partial charge >= 0.3 is 22.5 Å². The summed E-state index contributed by atoms with van der Waals surface area (Å²) in [6, 6.07) is 24.8. The van der Waals surface area contributed by atoms with E-state index in [-0.39, 0.29) is 123 Å². The molecule has 2 saturated heterocycles. The molecular weight excluding hydrogens is 1710 g/mol. The van der Waals surface area contributed by atoms with Crippen LogP contribution >= 0.6 is 0 Å². The van der Waals surface area contributed by atoms with Crippen molar-refractivity contribution in [2.24, 2.45) is 23.7 Å². The number of amides is 7. The number of ketones is 1. The largest absolute Gasteiger partial charge is 0.501 e. The van der Waals surface area contributed by atoms with E-state index >= 15 is 0 Å². The maximum absolute atomic E-state index is 14.9. The number of ether oxygens (including phenoxy) is 8. The minimum Gasteiger partial charge on any atom is -0.480 e. The number of carbonyl (C=O) groups is 9. The van der Waals surface area contributed by atoms with Crippen molar-refractivity contribution >= 4 is 73.5 Å². The Bertz CT molecular complexity index is 4880. The molecule has 5 aromatic carbocycles. The maximum Gasteiger partial charge on any atom is 0.501 e. The van der Waals surface area contributed by atoms with Crippen LogP contribution in [-0.2, 0) is 103 Å². The number of likely N-dealkylation sites (tertiary alicyclic amines) is 1. The van der Waals surface area contributed by atoms with Crippen molar-refractivity contribution in [3.8, 4) is 17.2 Å². The third kappa shape index (κ3) is 29.4. The van der Waals surface area contributed by atoms with Crippen LogP contribution in [0.1, 0.15) is 134 Å². The third-order valence-electron chi connectivity index (χ3n) is 22.2. The second-order valence-corrected chi connectivity index (χ2v) is 35.3. The number of nitrogens with zero attached hydrogens (tertiary/aromatic N) is 6. The molecule has 2 aliphatic rings. The van der Waals surface area contributed by atoms with Gasteiger partial charge in [-0.2, -0.15) is 0 Å². The highest BCUT2D eigenvalue weighted by Gasteiger charge is 2.47. The first kappa shape index (κ1) is 103. The standard InChI is InChI=1S/C88H120N10O28S2/c1-13-56(7)76(71(117-11)48-73(101)98-37-17-20-67(98)80(118-12)57(8)81(105)91-66(86(110)111)46-58-18-15-14-16-19-58)95(9)85(109)74(53(2)3)92-84(108)75(54(4)5)96(10)88(112)122-52-59-23-30-64(31-24-59)125-128(115,116)126-70-47-62(29-34-69(70)123-87-79(104)78(103)77(102)72(51-99)124-87)83(107)89-36-39-119-41-43-121-44-42-120-40-38-97-50-63(93-94-97)49-90-82(106)61-27-25-60(26-28-61)68(100)35-45-127(113,114)65-32-21-55(6)22-33-65/h14-16,18-19,21-34,47,50,53-54,56-57,66-67,71-72,74-80,87,99,102-104H,13,17,20,35-46,48-49,51-52H2,1-12H3,(H,89,107)(H,90,106)(H,91,105)(H,92,108)(H,110,111)/t56?,57-,66?,67+,71-,72-,74+,75+,76+,77+,78+,79-,80-,87?/m1/s1. The maximum atomic E-state index is 14.9. The van der Waals surface area contributed by atoms with E-state index in [4.69, 9.17) is 46.3 Å². The van der Waals surface area contributed by atoms with Gasteiger partial charge in [0.15, 0.2) is 27.1 Å². The second kappa shape index (κ2) is 49.2. The van der Waals surface area contributed by atoms with E-state index in [1.54, 1.807) is 99.9 Å². The number of hydrogen-bond acceptors (Lipinski definition) is 29. The Hall–Kier alpha value is -10.6. The number of Topliss-reactive ketones (excluding diaryl/α,β-unsaturated/α-hetero) is 1. The number of rotatable bonds is 51. The predicted octanol–water partition coefficient (Wildman–Crippen LogP) is 4.39. The molecule has 6 aromatic rings. The average Bonchev–Trinajstić information content (AvgIpc) is 1.64. The van der Waals surface area contributed by atoms with Crippen molar-refractivity contribution in [3.05, 3.63) is 167 Å². The molecule has 2 fully saturated rings. The first-order chi connectivity index (χ1) is 60.9. The van der Waals surface area contributed by atoms with Crippen LogP contribution in [0.4, 0.5) is 4.79 Å². The van der Waals surface area contributed by atoms with E-state index in [1.165, 1.54) is 92.9 Å². The number of benzene rings is 5. The summed E-state index contributed by atoms with van der Waals surface area (Å²) in [4.78, 5) is 127. The average molecular weight is 1830 g/mol. The van der Waals surface area contributed by atoms with Gasteiger partial charge in [0.05, 0.1) is 113 Å². The smallest absolute Gasteiger partial charge is 0.480 e. The number of sulfone groups is 1. The van der Waals surface area contributed by atoms with Crippen molar-refractivity contribution in [1.29, 1.82) is 0 Å². The number of aliphatic carboxylic acids is 1. The SMILES string of the molecule is CCC(C)[C@@H]([C@@H](CC(=O)N1CCC[C@H]1[C@H](OC)[C@@H](C)C(=O)NC(Cc1ccccc1)C(=O)O)OC)N(C)C(=O)[C@@H](NC(=O)[C@H](C(C)C)N(C)C(=O)OCc1ccc(OS(=O)(=O)Oc2cc(C(=O)NCCOCCOCCOCCn3cc(CNC(=O)c4ccc(C(=O)CCS(=O)(=O)c5ccc(C)cc5)cc4)nn3)ccc2OC2O[C@H](CO)[C@H](O)[C@H](O)[C@H]2O)cc1)C(C)C. The van der Waals surface area contributed by atoms with Gasteiger partial charge in [-0.3, -0.25) is 38.5 Å². The summed E-state index contributed by atoms with van der Waals surface area (Å²) < 4.78 is 111. The Morgan fingerprint density at radius 1 is 0.680 bits per heavy atom. The van der Waals surface area contributed by atoms with Gasteiger partial charge in [0.25, 0.3) is 11.8 Å². The van der Waals surface area contributed by atoms with E-state index in [0.717, 1.165) is 28.2 Å². The molecule has 8 rings (SSSR count). The molecule has 702 valence electrons. The number of carboxylic acids is 1. The highest BCUT2D eigenvalue weighted by atomic mass is 32.3. The fraction of sp³-hybridized carbons (Fsp3) is 0.534. The molecule has 0 spiro atoms. The van der Waals surface area contributed by atoms with Gasteiger partial charge in [0.2, 0.25) is 29.9 Å². The molecule has 0 saturated carbocycles. The molecular formula is C88H120N10O28S2. The number of methoxy groups -OCH3 is 2. The van der Waals surface area contributed by atoms with Gasteiger partial charge in [-0.15, -0.1) is 13.5 Å². The molecule has 40 heteroatoms. The lowest BCUT2D eigenvalue weighted by molar-refractivity contribution is -0.277. The summed E-state index contributed by atoms with van der Waals surface area (Å²) in [5, 5.41) is 70.7. The van der Waals surface area contributed by atoms with E-state index in [1.807, 2.05) is 20.8 Å². The first-order valence-corrected chi connectivity index (χ1v) is 45.2. The summed E-state index contributed by atoms with van der Waals surface area (Å²) in [5.74, 6) is -8.76. The normalized spacial score (nSPS) is 18.4. The number of likely N-dealkylation sites (N-methyl/N-ethyl adjacent to an activating group) is 2. The first-order valence-electron chi connectivity index (χ1n) is 42.2. The lowest BCUT2D eigenvalue weighted by atomic mass is 9.89. The van der Waals surface area contributed by atoms with Gasteiger partial charge in [-0.25, -0.2) is 22.7 Å². The predicted molar refractivity (Wildman–Crippen MR) is 461 cm³/mol. The number of aliphatic hydroxyl groups is 4. The quantitative estimate of drug-likeness (QED) is 0.0189. The monoisotopic (exact) mass is 1830 g/mol. The van der Waals surface area contributed by atoms with E-state index < -0.39 is 177 Å². The zero-order valence-corrected chi connectivity index (χ0v) is 75.6. The molecule has 3 heterocycles. The molecule has 0 bridgehead atoms. The summed E-state index contributed by atoms with van der Waals surface area (Å²) in [6.45, 7) is 14.7. The lowest BCUT2D eigenvalue weighted by Gasteiger charge is -2.41. The fourth-order valence-electron chi connectivity index (χ4n) is 14.8. The Balaban J connectivity index is 0.777. The Kier molecular flexibility index (Phi) is 39.5. The van der Waals surface area contributed by atoms with Crippen LogP contribution in [0.3, 0.4) is 0 Å². The highest BCUT2D eigenvalue weighted by Crippen LogP contribution is 2.36. The minimum absolute atomic E-state index is 0.0117. The molecule has 9 N–H and O–H groups in total. The van der Waals surface area contributed by atoms with Crippen LogP contribution in [0.25, 0.3) is 0 Å². The zero-order valence-electron chi connectivity index (χ0n) is 73.9. The van der Waals surface area contributed by atoms with Crippen molar-refractivity contribution in [2.75, 3.05) is 93.4 Å². The number of nitrogens with one attached hydrogen (secondary N) is 4. The molecule has 0 aliphatic carbocycles. The van der Waals surface area contributed by atoms with Crippen molar-refractivity contribution in [2.45, 2.75) is 192 Å². The van der Waals surface area contributed by atoms with Gasteiger partial charge in [-0.05, 0) is 103 Å². The van der Waals surface area contributed by atoms with Crippen LogP contribution < -0.4 is 34.4 Å². The van der Waals surface area contributed by atoms with Crippen LogP contribution in [0.15, 0.2) is 132 Å². The van der Waals surface area contributed by atoms with Crippen LogP contribution in [0.2, 0.25) is 0 Å². The van der Waals surface area contributed by atoms with Gasteiger partial charge in [0, 0.05) is 70.9 Å². The Morgan fingerprint density at radius 3 is 1.95 bits per heavy atom. The summed E-state index contributed by atoms with van der Waals surface area (Å²) in [5.41, 5.74) is 2.82. The molecule has 14 atom stereocenters. The lowest BCUT2D eigenvalue weighted by Crippen LogP contribution is -2.60. The summed E-state index contributed by atoms with van der Waals surface area (Å²) >= 11 is 0. The highest BCUT2D eigenvalue weighted by molar-refractivity contribution is 7.91. The fourth-order valence-corrected chi connectivity index (χ4v) is 16.8. The third-order valence-corrected chi connectivity index (χ3v) is 24.7. The van der Waals surface area contributed by atoms with Gasteiger partial charge in [-0.1, -0.05) is 132 Å². The van der Waals surface area contributed by atoms with E-state index in [9.17, 15) is 85.5 Å². The van der Waals surface area contributed by atoms with Crippen LogP contribution in [-0.4, -0.2) is 292 Å². The van der Waals surface area contributed by atoms with E-state index in [0.29, 0.717) is 43.6 Å². The van der Waals surface area contributed by atoms with Crippen molar-refractivity contribution in [3.63, 3.8) is 0 Å². The number of hydrogen-bond donors (Lipinski definition) is 9. The number of aliphatic hydroxyl groups excluding tert-OH is 4. The number of carbonyl (C=O) groups excluding carboxylic acids is 8. The van der Waals surface area contributed by atoms with Crippen molar-refractivity contribution < 1.29 is 132 Å². The van der Waals surface area contributed by atoms with E-state index in [2.05, 4.69) is 31.6 Å². The van der Waals surface area contributed by atoms with Gasteiger partial charge in [0.1, 0.15) is 60.6 Å².